The molecule has 0 aliphatic heterocycles. The van der Waals surface area contributed by atoms with Crippen molar-refractivity contribution in [2.45, 2.75) is 83.1 Å². The molecule has 58 heavy (non-hydrogen) atoms. The number of hydrogen-bond acceptors (Lipinski definition) is 5. The van der Waals surface area contributed by atoms with Gasteiger partial charge in [0.1, 0.15) is 41.4 Å². The van der Waals surface area contributed by atoms with Crippen LogP contribution >= 0.6 is 0 Å². The standard InChI is InChI=1S/C51H58N2O4S/c1-39(2)53(40(3)4)34-31-49(45-18-12-7-13-19-45)50-36-42(22-29-51(50)57-38-44-16-10-6-11-17-44)32-35-55-46-23-20-41(21-24-46)30-33-52-58(54)48-27-25-47(26-28-48)56-37-43-14-8-5-9-15-43/h5-29,36,39-40,49,52H,30-35,37-38H2,1-4H3/t49-,58?/m1/s1. The monoisotopic (exact) mass is 794 g/mol. The average Bonchev–Trinajstić information content (AvgIpc) is 3.25. The van der Waals surface area contributed by atoms with Crippen molar-refractivity contribution in [3.63, 3.8) is 0 Å². The molecule has 6 rings (SSSR count). The molecule has 1 N–H and O–H groups in total. The molecule has 0 bridgehead atoms. The minimum Gasteiger partial charge on any atom is -0.493 e. The highest BCUT2D eigenvalue weighted by atomic mass is 32.2. The largest absolute Gasteiger partial charge is 0.493 e. The van der Waals surface area contributed by atoms with Crippen molar-refractivity contribution >= 4 is 11.0 Å². The Bertz CT molecular complexity index is 2100. The maximum Gasteiger partial charge on any atom is 0.124 e. The zero-order valence-corrected chi connectivity index (χ0v) is 35.2. The van der Waals surface area contributed by atoms with Gasteiger partial charge in [0.05, 0.1) is 11.5 Å². The van der Waals surface area contributed by atoms with E-state index in [2.05, 4.69) is 122 Å². The van der Waals surface area contributed by atoms with E-state index in [0.29, 0.717) is 38.4 Å². The van der Waals surface area contributed by atoms with Crippen LogP contribution in [-0.4, -0.2) is 40.9 Å². The second-order valence-corrected chi connectivity index (χ2v) is 16.5. The van der Waals surface area contributed by atoms with Crippen molar-refractivity contribution in [3.8, 4) is 17.2 Å². The van der Waals surface area contributed by atoms with Gasteiger partial charge in [0.2, 0.25) is 0 Å². The number of nitrogens with zero attached hydrogens (tertiary/aromatic N) is 1. The third-order valence-electron chi connectivity index (χ3n) is 10.4. The highest BCUT2D eigenvalue weighted by molar-refractivity contribution is 7.83. The summed E-state index contributed by atoms with van der Waals surface area (Å²) in [4.78, 5) is 3.29. The predicted molar refractivity (Wildman–Crippen MR) is 238 cm³/mol. The second-order valence-electron chi connectivity index (χ2n) is 15.2. The van der Waals surface area contributed by atoms with Crippen LogP contribution < -0.4 is 18.9 Å². The summed E-state index contributed by atoms with van der Waals surface area (Å²) in [5.74, 6) is 2.69. The lowest BCUT2D eigenvalue weighted by atomic mass is 9.86. The summed E-state index contributed by atoms with van der Waals surface area (Å²) in [6.07, 6.45) is 2.51. The van der Waals surface area contributed by atoms with Gasteiger partial charge in [-0.3, -0.25) is 4.90 Å². The summed E-state index contributed by atoms with van der Waals surface area (Å²) in [7, 11) is -1.31. The average molecular weight is 795 g/mol. The lowest BCUT2D eigenvalue weighted by Gasteiger charge is -2.32. The summed E-state index contributed by atoms with van der Waals surface area (Å²) >= 11 is 0. The Kier molecular flexibility index (Phi) is 16.1. The molecular weight excluding hydrogens is 737 g/mol. The molecule has 2 atom stereocenters. The zero-order chi connectivity index (χ0) is 40.5. The molecule has 0 aromatic heterocycles. The number of benzene rings is 6. The summed E-state index contributed by atoms with van der Waals surface area (Å²) in [5, 5.41) is 0. The first-order valence-electron chi connectivity index (χ1n) is 20.6. The Morgan fingerprint density at radius 3 is 1.74 bits per heavy atom. The molecule has 0 saturated heterocycles. The molecule has 0 aliphatic carbocycles. The SMILES string of the molecule is CC(C)N(CC[C@H](c1ccccc1)c1cc(CCOc2ccc(CCNS(=O)c3ccc(OCc4ccccc4)cc3)cc2)ccc1OCc1ccccc1)C(C)C. The third kappa shape index (κ3) is 12.9. The van der Waals surface area contributed by atoms with Gasteiger partial charge in [-0.05, 0) is 117 Å². The van der Waals surface area contributed by atoms with Gasteiger partial charge in [-0.25, -0.2) is 8.93 Å². The van der Waals surface area contributed by atoms with Crippen LogP contribution in [0.2, 0.25) is 0 Å². The lowest BCUT2D eigenvalue weighted by molar-refractivity contribution is 0.170. The molecule has 0 heterocycles. The summed E-state index contributed by atoms with van der Waals surface area (Å²) in [5.41, 5.74) is 7.15. The van der Waals surface area contributed by atoms with Gasteiger partial charge in [-0.15, -0.1) is 0 Å². The number of rotatable bonds is 22. The van der Waals surface area contributed by atoms with Gasteiger partial charge in [0.25, 0.3) is 0 Å². The van der Waals surface area contributed by atoms with Crippen molar-refractivity contribution in [2.24, 2.45) is 0 Å². The Hall–Kier alpha value is -5.21. The van der Waals surface area contributed by atoms with Crippen LogP contribution in [-0.2, 0) is 37.0 Å². The van der Waals surface area contributed by atoms with E-state index in [9.17, 15) is 4.21 Å². The van der Waals surface area contributed by atoms with Crippen molar-refractivity contribution in [1.82, 2.24) is 9.62 Å². The van der Waals surface area contributed by atoms with E-state index in [-0.39, 0.29) is 5.92 Å². The molecule has 0 spiro atoms. The van der Waals surface area contributed by atoms with Crippen LogP contribution in [0, 0.1) is 0 Å². The first-order valence-corrected chi connectivity index (χ1v) is 21.7. The van der Waals surface area contributed by atoms with Gasteiger partial charge in [0, 0.05) is 36.5 Å². The maximum atomic E-state index is 12.9. The van der Waals surface area contributed by atoms with Crippen LogP contribution in [0.4, 0.5) is 0 Å². The third-order valence-corrected chi connectivity index (χ3v) is 11.6. The van der Waals surface area contributed by atoms with E-state index in [4.69, 9.17) is 14.2 Å². The smallest absolute Gasteiger partial charge is 0.124 e. The van der Waals surface area contributed by atoms with Crippen LogP contribution in [0.1, 0.15) is 73.4 Å². The van der Waals surface area contributed by atoms with Gasteiger partial charge in [-0.2, -0.15) is 0 Å². The molecule has 0 aliphatic rings. The van der Waals surface area contributed by atoms with Crippen molar-refractivity contribution in [1.29, 1.82) is 0 Å². The first kappa shape index (κ1) is 42.4. The van der Waals surface area contributed by atoms with E-state index in [0.717, 1.165) is 64.6 Å². The van der Waals surface area contributed by atoms with Crippen LogP contribution in [0.25, 0.3) is 0 Å². The molecule has 6 nitrogen and oxygen atoms in total. The van der Waals surface area contributed by atoms with Gasteiger partial charge in [-0.1, -0.05) is 115 Å². The minimum absolute atomic E-state index is 0.178. The fourth-order valence-electron chi connectivity index (χ4n) is 7.28. The predicted octanol–water partition coefficient (Wildman–Crippen LogP) is 11.0. The Balaban J connectivity index is 1.04. The van der Waals surface area contributed by atoms with Crippen molar-refractivity contribution < 1.29 is 18.4 Å². The lowest BCUT2D eigenvalue weighted by Crippen LogP contribution is -2.38. The normalized spacial score (nSPS) is 12.5. The molecule has 0 fully saturated rings. The topological polar surface area (TPSA) is 60.0 Å². The van der Waals surface area contributed by atoms with Crippen LogP contribution in [0.3, 0.4) is 0 Å². The summed E-state index contributed by atoms with van der Waals surface area (Å²) in [6.45, 7) is 12.3. The highest BCUT2D eigenvalue weighted by Gasteiger charge is 2.23. The molecule has 302 valence electrons. The number of hydrogen-bond donors (Lipinski definition) is 1. The van der Waals surface area contributed by atoms with Crippen molar-refractivity contribution in [2.75, 3.05) is 19.7 Å². The fraction of sp³-hybridized carbons (Fsp3) is 0.294. The first-order chi connectivity index (χ1) is 28.3. The number of nitrogens with one attached hydrogen (secondary N) is 1. The fourth-order valence-corrected chi connectivity index (χ4v) is 8.12. The molecule has 6 aromatic rings. The molecule has 0 amide bonds. The van der Waals surface area contributed by atoms with E-state index in [1.54, 1.807) is 0 Å². The van der Waals surface area contributed by atoms with Gasteiger partial charge < -0.3 is 14.2 Å². The molecule has 6 aromatic carbocycles. The van der Waals surface area contributed by atoms with Crippen molar-refractivity contribution in [3.05, 3.63) is 191 Å². The highest BCUT2D eigenvalue weighted by Crippen LogP contribution is 2.36. The van der Waals surface area contributed by atoms with E-state index >= 15 is 0 Å². The zero-order valence-electron chi connectivity index (χ0n) is 34.4. The van der Waals surface area contributed by atoms with E-state index < -0.39 is 11.0 Å². The molecule has 0 saturated carbocycles. The summed E-state index contributed by atoms with van der Waals surface area (Å²) < 4.78 is 34.7. The second kappa shape index (κ2) is 22.1. The van der Waals surface area contributed by atoms with Gasteiger partial charge >= 0.3 is 0 Å². The molecule has 1 unspecified atom stereocenters. The van der Waals surface area contributed by atoms with E-state index in [1.807, 2.05) is 72.8 Å². The molecule has 0 radical (unpaired) electrons. The number of ether oxygens (including phenoxy) is 3. The molecular formula is C51H58N2O4S. The van der Waals surface area contributed by atoms with Gasteiger partial charge in [0.15, 0.2) is 0 Å². The van der Waals surface area contributed by atoms with Crippen LogP contribution in [0.15, 0.2) is 163 Å². The Morgan fingerprint density at radius 1 is 0.569 bits per heavy atom. The molecule has 7 heteroatoms. The summed E-state index contributed by atoms with van der Waals surface area (Å²) in [6, 6.07) is 54.5. The minimum atomic E-state index is -1.31. The Morgan fingerprint density at radius 2 is 1.12 bits per heavy atom. The maximum absolute atomic E-state index is 12.9. The quantitative estimate of drug-likeness (QED) is 0.0742. The van der Waals surface area contributed by atoms with E-state index in [1.165, 1.54) is 16.7 Å². The Labute approximate surface area is 348 Å². The van der Waals surface area contributed by atoms with Crippen LogP contribution in [0.5, 0.6) is 17.2 Å².